The molecule has 0 amide bonds. The highest BCUT2D eigenvalue weighted by molar-refractivity contribution is 7.71. The van der Waals surface area contributed by atoms with Gasteiger partial charge in [0.25, 0.3) is 0 Å². The number of H-pyrrole nitrogens is 1. The van der Waals surface area contributed by atoms with Crippen LogP contribution in [0.4, 0.5) is 0 Å². The van der Waals surface area contributed by atoms with Crippen LogP contribution < -0.4 is 5.30 Å². The topological polar surface area (TPSA) is 70.9 Å². The Bertz CT molecular complexity index is 933. The van der Waals surface area contributed by atoms with Gasteiger partial charge >= 0.3 is 5.97 Å². The summed E-state index contributed by atoms with van der Waals surface area (Å²) in [6.07, 6.45) is -0.0323. The Balaban J connectivity index is 2.12. The molecule has 2 N–H and O–H groups in total. The fourth-order valence-corrected chi connectivity index (χ4v) is 2.92. The fraction of sp³-hybridized carbons (Fsp3) is 0.0625. The summed E-state index contributed by atoms with van der Waals surface area (Å²) in [5.74, 6) is -0.180. The van der Waals surface area contributed by atoms with E-state index in [1.807, 2.05) is 42.5 Å². The summed E-state index contributed by atoms with van der Waals surface area (Å²) < 4.78 is 2.27. The third kappa shape index (κ3) is 3.38. The van der Waals surface area contributed by atoms with E-state index in [9.17, 15) is 4.79 Å². The Kier molecular flexibility index (Phi) is 4.37. The van der Waals surface area contributed by atoms with Crippen LogP contribution in [0.25, 0.3) is 17.1 Å². The molecule has 0 aliphatic rings. The predicted molar refractivity (Wildman–Crippen MR) is 94.9 cm³/mol. The van der Waals surface area contributed by atoms with Gasteiger partial charge in [0, 0.05) is 5.56 Å². The van der Waals surface area contributed by atoms with Gasteiger partial charge in [-0.2, -0.15) is 5.10 Å². The second-order valence-electron chi connectivity index (χ2n) is 5.05. The van der Waals surface area contributed by atoms with Crippen molar-refractivity contribution in [1.82, 2.24) is 14.8 Å². The van der Waals surface area contributed by atoms with Gasteiger partial charge in [-0.05, 0) is 41.3 Å². The number of aromatic nitrogens is 3. The molecule has 2 aromatic carbocycles. The van der Waals surface area contributed by atoms with E-state index in [4.69, 9.17) is 17.3 Å². The maximum Gasteiger partial charge on any atom is 0.307 e. The van der Waals surface area contributed by atoms with Crippen LogP contribution in [0.5, 0.6) is 0 Å². The van der Waals surface area contributed by atoms with Crippen molar-refractivity contribution in [2.24, 2.45) is 0 Å². The monoisotopic (exact) mass is 343 g/mol. The Morgan fingerprint density at radius 3 is 2.78 bits per heavy atom. The van der Waals surface area contributed by atoms with Crippen molar-refractivity contribution in [3.05, 3.63) is 58.9 Å². The number of hydrogen-bond acceptors (Lipinski definition) is 3. The quantitative estimate of drug-likeness (QED) is 0.564. The lowest BCUT2D eigenvalue weighted by Gasteiger charge is -2.09. The minimum absolute atomic E-state index is 0.0323. The van der Waals surface area contributed by atoms with E-state index < -0.39 is 5.97 Å². The molecule has 0 fully saturated rings. The second-order valence-corrected chi connectivity index (χ2v) is 6.11. The number of nitrogens with zero attached hydrogens (tertiary/aromatic N) is 2. The van der Waals surface area contributed by atoms with Gasteiger partial charge in [0.2, 0.25) is 0 Å². The second kappa shape index (κ2) is 6.44. The lowest BCUT2D eigenvalue weighted by Crippen LogP contribution is -2.03. The number of carbonyl (C=O) groups is 1. The van der Waals surface area contributed by atoms with Crippen LogP contribution in [0.2, 0.25) is 0 Å². The van der Waals surface area contributed by atoms with Gasteiger partial charge in [-0.25, -0.2) is 0 Å². The summed E-state index contributed by atoms with van der Waals surface area (Å²) in [5, 5.41) is 17.1. The average Bonchev–Trinajstić information content (AvgIpc) is 2.88. The molecule has 0 spiro atoms. The lowest BCUT2D eigenvalue weighted by atomic mass is 10.1. The van der Waals surface area contributed by atoms with E-state index in [0.717, 1.165) is 16.6 Å². The van der Waals surface area contributed by atoms with Crippen LogP contribution in [0, 0.1) is 4.77 Å². The number of benzene rings is 2. The summed E-state index contributed by atoms with van der Waals surface area (Å²) >= 11 is 5.34. The molecule has 0 saturated carbocycles. The highest BCUT2D eigenvalue weighted by Crippen LogP contribution is 2.22. The molecule has 5 nitrogen and oxygen atoms in total. The molecule has 3 rings (SSSR count). The van der Waals surface area contributed by atoms with Crippen molar-refractivity contribution in [2.75, 3.05) is 0 Å². The van der Waals surface area contributed by atoms with Gasteiger partial charge < -0.3 is 5.11 Å². The number of aromatic amines is 1. The van der Waals surface area contributed by atoms with Crippen LogP contribution in [-0.2, 0) is 11.2 Å². The largest absolute Gasteiger partial charge is 0.481 e. The molecular weight excluding hydrogens is 329 g/mol. The minimum atomic E-state index is -0.867. The fourth-order valence-electron chi connectivity index (χ4n) is 2.39. The van der Waals surface area contributed by atoms with Crippen LogP contribution >= 0.6 is 21.5 Å². The highest BCUT2D eigenvalue weighted by atomic mass is 32.1. The molecule has 0 bridgehead atoms. The standard InChI is InChI=1S/C16H14N3O2PS/c20-14(21)8-10-3-1-5-12(7-10)19-15(17-18-16(19)23)11-4-2-6-13(22)9-11/h1-7,9H,8,22H2,(H,18,23)(H,20,21). The van der Waals surface area contributed by atoms with Gasteiger partial charge in [-0.1, -0.05) is 30.3 Å². The summed E-state index contributed by atoms with van der Waals surface area (Å²) in [6, 6.07) is 15.2. The average molecular weight is 343 g/mol. The molecule has 7 heteroatoms. The van der Waals surface area contributed by atoms with E-state index >= 15 is 0 Å². The SMILES string of the molecule is O=C(O)Cc1cccc(-n2c(-c3cccc(P)c3)n[nH]c2=S)c1. The molecule has 1 unspecified atom stereocenters. The van der Waals surface area contributed by atoms with Gasteiger partial charge in [0.15, 0.2) is 10.6 Å². The number of rotatable bonds is 4. The Labute approximate surface area is 140 Å². The molecular formula is C16H14N3O2PS. The first-order valence-electron chi connectivity index (χ1n) is 6.89. The zero-order valence-electron chi connectivity index (χ0n) is 12.1. The zero-order valence-corrected chi connectivity index (χ0v) is 14.0. The molecule has 3 aromatic rings. The summed E-state index contributed by atoms with van der Waals surface area (Å²) in [6.45, 7) is 0. The molecule has 23 heavy (non-hydrogen) atoms. The maximum atomic E-state index is 10.9. The van der Waals surface area contributed by atoms with Crippen molar-refractivity contribution < 1.29 is 9.90 Å². The number of aliphatic carboxylic acids is 1. The number of carboxylic acids is 1. The van der Waals surface area contributed by atoms with Crippen molar-refractivity contribution in [3.63, 3.8) is 0 Å². The Morgan fingerprint density at radius 1 is 1.26 bits per heavy atom. The molecule has 1 heterocycles. The minimum Gasteiger partial charge on any atom is -0.481 e. The summed E-state index contributed by atoms with van der Waals surface area (Å²) in [5.41, 5.74) is 2.42. The highest BCUT2D eigenvalue weighted by Gasteiger charge is 2.12. The predicted octanol–water partition coefficient (Wildman–Crippen LogP) is 2.72. The molecule has 0 radical (unpaired) electrons. The first-order chi connectivity index (χ1) is 11.0. The molecule has 0 aliphatic heterocycles. The van der Waals surface area contributed by atoms with E-state index in [1.165, 1.54) is 0 Å². The lowest BCUT2D eigenvalue weighted by molar-refractivity contribution is -0.136. The van der Waals surface area contributed by atoms with Crippen molar-refractivity contribution >= 4 is 32.7 Å². The van der Waals surface area contributed by atoms with Crippen LogP contribution in [0.1, 0.15) is 5.56 Å². The number of hydrogen-bond donors (Lipinski definition) is 2. The molecule has 0 saturated heterocycles. The van der Waals surface area contributed by atoms with Crippen LogP contribution in [-0.4, -0.2) is 25.8 Å². The Hall–Kier alpha value is -2.30. The molecule has 1 atom stereocenters. The third-order valence-corrected chi connectivity index (χ3v) is 3.97. The number of carboxylic acid groups (broad SMARTS) is 1. The van der Waals surface area contributed by atoms with Crippen LogP contribution in [0.15, 0.2) is 48.5 Å². The van der Waals surface area contributed by atoms with Gasteiger partial charge in [-0.15, -0.1) is 9.24 Å². The van der Waals surface area contributed by atoms with Gasteiger partial charge in [0.1, 0.15) is 0 Å². The zero-order chi connectivity index (χ0) is 16.4. The van der Waals surface area contributed by atoms with Crippen molar-refractivity contribution in [3.8, 4) is 17.1 Å². The van der Waals surface area contributed by atoms with Gasteiger partial charge in [0.05, 0.1) is 12.1 Å². The Morgan fingerprint density at radius 2 is 2.04 bits per heavy atom. The smallest absolute Gasteiger partial charge is 0.307 e. The van der Waals surface area contributed by atoms with E-state index in [0.29, 0.717) is 16.2 Å². The number of nitrogens with one attached hydrogen (secondary N) is 1. The normalized spacial score (nSPS) is 10.7. The summed E-state index contributed by atoms with van der Waals surface area (Å²) in [4.78, 5) is 10.9. The molecule has 0 aliphatic carbocycles. The first kappa shape index (κ1) is 15.6. The molecule has 1 aromatic heterocycles. The molecule has 116 valence electrons. The van der Waals surface area contributed by atoms with Crippen molar-refractivity contribution in [2.45, 2.75) is 6.42 Å². The maximum absolute atomic E-state index is 10.9. The van der Waals surface area contributed by atoms with Crippen LogP contribution in [0.3, 0.4) is 0 Å². The summed E-state index contributed by atoms with van der Waals surface area (Å²) in [7, 11) is 2.65. The van der Waals surface area contributed by atoms with Crippen molar-refractivity contribution in [1.29, 1.82) is 0 Å². The van der Waals surface area contributed by atoms with E-state index in [1.54, 1.807) is 10.6 Å². The third-order valence-electron chi connectivity index (χ3n) is 3.34. The van der Waals surface area contributed by atoms with Gasteiger partial charge in [-0.3, -0.25) is 14.5 Å². The first-order valence-corrected chi connectivity index (χ1v) is 7.87. The van der Waals surface area contributed by atoms with E-state index in [2.05, 4.69) is 19.4 Å². The van der Waals surface area contributed by atoms with E-state index in [-0.39, 0.29) is 6.42 Å².